The lowest BCUT2D eigenvalue weighted by atomic mass is 10.1. The highest BCUT2D eigenvalue weighted by Crippen LogP contribution is 2.17. The molecule has 1 aliphatic heterocycles. The van der Waals surface area contributed by atoms with E-state index in [2.05, 4.69) is 28.8 Å². The molecule has 0 aromatic heterocycles. The quantitative estimate of drug-likeness (QED) is 0.885. The number of hydrogen-bond donors (Lipinski definition) is 2. The van der Waals surface area contributed by atoms with Crippen LogP contribution in [0.4, 0.5) is 0 Å². The summed E-state index contributed by atoms with van der Waals surface area (Å²) < 4.78 is 5.14. The van der Waals surface area contributed by atoms with Gasteiger partial charge in [-0.2, -0.15) is 0 Å². The maximum Gasteiger partial charge on any atom is 0.251 e. The van der Waals surface area contributed by atoms with Crippen LogP contribution in [0.1, 0.15) is 32.6 Å². The fourth-order valence-electron chi connectivity index (χ4n) is 2.76. The summed E-state index contributed by atoms with van der Waals surface area (Å²) in [5.74, 6) is -0.0636. The number of fused-ring (bicyclic) bond motifs is 1. The summed E-state index contributed by atoms with van der Waals surface area (Å²) in [5, 5.41) is 6.32. The van der Waals surface area contributed by atoms with Crippen LogP contribution in [0.5, 0.6) is 0 Å². The van der Waals surface area contributed by atoms with Crippen molar-refractivity contribution in [2.45, 2.75) is 26.2 Å². The van der Waals surface area contributed by atoms with Crippen LogP contribution in [0.3, 0.4) is 0 Å². The maximum atomic E-state index is 12.4. The number of rotatable bonds is 5. The van der Waals surface area contributed by atoms with Gasteiger partial charge in [0.25, 0.3) is 5.91 Å². The number of methoxy groups -OCH3 is 1. The average molecular weight is 333 g/mol. The predicted octanol–water partition coefficient (Wildman–Crippen LogP) is 2.79. The SMILES string of the molecule is COCc1ccccc1C(=O)NCc1ccc2c(c1)CNC2.Cl. The second kappa shape index (κ2) is 8.11. The first-order valence-electron chi connectivity index (χ1n) is 7.44. The summed E-state index contributed by atoms with van der Waals surface area (Å²) in [6.07, 6.45) is 0. The maximum absolute atomic E-state index is 12.4. The van der Waals surface area contributed by atoms with Gasteiger partial charge in [0.05, 0.1) is 6.61 Å². The zero-order valence-corrected chi connectivity index (χ0v) is 13.9. The standard InChI is InChI=1S/C18H20N2O2.ClH/c1-22-12-15-4-2-3-5-17(15)18(21)20-9-13-6-7-14-10-19-11-16(14)8-13;/h2-8,19H,9-12H2,1H3,(H,20,21);1H. The fourth-order valence-corrected chi connectivity index (χ4v) is 2.76. The highest BCUT2D eigenvalue weighted by Gasteiger charge is 2.12. The van der Waals surface area contributed by atoms with E-state index in [0.717, 1.165) is 24.2 Å². The van der Waals surface area contributed by atoms with Crippen LogP contribution in [-0.4, -0.2) is 13.0 Å². The van der Waals surface area contributed by atoms with Crippen LogP contribution in [0.15, 0.2) is 42.5 Å². The van der Waals surface area contributed by atoms with Crippen molar-refractivity contribution in [3.63, 3.8) is 0 Å². The van der Waals surface area contributed by atoms with Gasteiger partial charge in [-0.15, -0.1) is 12.4 Å². The lowest BCUT2D eigenvalue weighted by molar-refractivity contribution is 0.0946. The van der Waals surface area contributed by atoms with Crippen molar-refractivity contribution in [3.8, 4) is 0 Å². The summed E-state index contributed by atoms with van der Waals surface area (Å²) in [6, 6.07) is 13.9. The van der Waals surface area contributed by atoms with Gasteiger partial charge in [0.1, 0.15) is 0 Å². The van der Waals surface area contributed by atoms with Crippen molar-refractivity contribution in [1.29, 1.82) is 0 Å². The molecule has 5 heteroatoms. The molecular formula is C18H21ClN2O2. The topological polar surface area (TPSA) is 50.4 Å². The van der Waals surface area contributed by atoms with E-state index >= 15 is 0 Å². The van der Waals surface area contributed by atoms with Crippen LogP contribution in [0.25, 0.3) is 0 Å². The Hall–Kier alpha value is -1.88. The Bertz CT molecular complexity index is 688. The van der Waals surface area contributed by atoms with Crippen molar-refractivity contribution in [3.05, 3.63) is 70.3 Å². The second-order valence-corrected chi connectivity index (χ2v) is 5.48. The number of hydrogen-bond acceptors (Lipinski definition) is 3. The summed E-state index contributed by atoms with van der Waals surface area (Å²) in [7, 11) is 1.63. The Morgan fingerprint density at radius 2 is 1.96 bits per heavy atom. The average Bonchev–Trinajstić information content (AvgIpc) is 3.01. The molecule has 1 heterocycles. The largest absolute Gasteiger partial charge is 0.380 e. The third-order valence-electron chi connectivity index (χ3n) is 3.92. The highest BCUT2D eigenvalue weighted by molar-refractivity contribution is 5.95. The number of halogens is 1. The second-order valence-electron chi connectivity index (χ2n) is 5.48. The number of benzene rings is 2. The number of ether oxygens (including phenoxy) is 1. The van der Waals surface area contributed by atoms with E-state index in [9.17, 15) is 4.79 Å². The van der Waals surface area contributed by atoms with Crippen LogP contribution in [-0.2, 0) is 31.0 Å². The number of carbonyl (C=O) groups is 1. The van der Waals surface area contributed by atoms with Crippen molar-refractivity contribution >= 4 is 18.3 Å². The van der Waals surface area contributed by atoms with Crippen LogP contribution in [0, 0.1) is 0 Å². The number of amides is 1. The third kappa shape index (κ3) is 4.10. The Balaban J connectivity index is 0.00000192. The van der Waals surface area contributed by atoms with Gasteiger partial charge in [-0.1, -0.05) is 36.4 Å². The Morgan fingerprint density at radius 3 is 2.78 bits per heavy atom. The van der Waals surface area contributed by atoms with Crippen LogP contribution >= 0.6 is 12.4 Å². The van der Waals surface area contributed by atoms with E-state index in [0.29, 0.717) is 18.7 Å². The molecule has 0 radical (unpaired) electrons. The van der Waals surface area contributed by atoms with E-state index < -0.39 is 0 Å². The van der Waals surface area contributed by atoms with Gasteiger partial charge in [0.15, 0.2) is 0 Å². The first-order chi connectivity index (χ1) is 10.8. The van der Waals surface area contributed by atoms with Crippen molar-refractivity contribution in [1.82, 2.24) is 10.6 Å². The van der Waals surface area contributed by atoms with Gasteiger partial charge >= 0.3 is 0 Å². The Morgan fingerprint density at radius 1 is 1.17 bits per heavy atom. The minimum absolute atomic E-state index is 0. The number of carbonyl (C=O) groups excluding carboxylic acids is 1. The molecule has 2 aromatic rings. The summed E-state index contributed by atoms with van der Waals surface area (Å²) >= 11 is 0. The molecule has 0 aliphatic carbocycles. The molecule has 0 fully saturated rings. The van der Waals surface area contributed by atoms with E-state index in [4.69, 9.17) is 4.74 Å². The summed E-state index contributed by atoms with van der Waals surface area (Å²) in [4.78, 5) is 12.4. The molecule has 1 amide bonds. The van der Waals surface area contributed by atoms with Crippen LogP contribution < -0.4 is 10.6 Å². The van der Waals surface area contributed by atoms with Crippen molar-refractivity contribution in [2.24, 2.45) is 0 Å². The molecule has 3 rings (SSSR count). The molecule has 2 N–H and O–H groups in total. The van der Waals surface area contributed by atoms with E-state index in [1.165, 1.54) is 11.1 Å². The van der Waals surface area contributed by atoms with E-state index in [1.807, 2.05) is 24.3 Å². The fraction of sp³-hybridized carbons (Fsp3) is 0.278. The highest BCUT2D eigenvalue weighted by atomic mass is 35.5. The molecule has 0 saturated heterocycles. The van der Waals surface area contributed by atoms with Gasteiger partial charge in [-0.3, -0.25) is 4.79 Å². The summed E-state index contributed by atoms with van der Waals surface area (Å²) in [5.41, 5.74) is 5.37. The molecule has 0 atom stereocenters. The first-order valence-corrected chi connectivity index (χ1v) is 7.44. The lowest BCUT2D eigenvalue weighted by Gasteiger charge is -2.10. The molecule has 0 saturated carbocycles. The van der Waals surface area contributed by atoms with Gasteiger partial charge in [-0.05, 0) is 28.3 Å². The first kappa shape index (κ1) is 17.5. The molecule has 122 valence electrons. The van der Waals surface area contributed by atoms with E-state index in [-0.39, 0.29) is 18.3 Å². The Labute approximate surface area is 142 Å². The molecule has 0 unspecified atom stereocenters. The van der Waals surface area contributed by atoms with Gasteiger partial charge in [0.2, 0.25) is 0 Å². The molecular weight excluding hydrogens is 312 g/mol. The molecule has 2 aromatic carbocycles. The smallest absolute Gasteiger partial charge is 0.251 e. The zero-order valence-electron chi connectivity index (χ0n) is 13.1. The normalized spacial score (nSPS) is 12.4. The Kier molecular flexibility index (Phi) is 6.16. The van der Waals surface area contributed by atoms with Crippen LogP contribution in [0.2, 0.25) is 0 Å². The zero-order chi connectivity index (χ0) is 15.4. The van der Waals surface area contributed by atoms with Crippen molar-refractivity contribution < 1.29 is 9.53 Å². The molecule has 1 aliphatic rings. The lowest BCUT2D eigenvalue weighted by Crippen LogP contribution is -2.24. The molecule has 23 heavy (non-hydrogen) atoms. The summed E-state index contributed by atoms with van der Waals surface area (Å²) in [6.45, 7) is 2.82. The minimum Gasteiger partial charge on any atom is -0.380 e. The predicted molar refractivity (Wildman–Crippen MR) is 92.6 cm³/mol. The molecule has 0 spiro atoms. The molecule has 4 nitrogen and oxygen atoms in total. The van der Waals surface area contributed by atoms with Crippen molar-refractivity contribution in [2.75, 3.05) is 7.11 Å². The number of nitrogens with one attached hydrogen (secondary N) is 2. The monoisotopic (exact) mass is 332 g/mol. The van der Waals surface area contributed by atoms with Gasteiger partial charge < -0.3 is 15.4 Å². The van der Waals surface area contributed by atoms with E-state index in [1.54, 1.807) is 7.11 Å². The third-order valence-corrected chi connectivity index (χ3v) is 3.92. The van der Waals surface area contributed by atoms with Gasteiger partial charge in [0, 0.05) is 32.3 Å². The minimum atomic E-state index is -0.0636. The van der Waals surface area contributed by atoms with Gasteiger partial charge in [-0.25, -0.2) is 0 Å². The molecule has 0 bridgehead atoms.